The highest BCUT2D eigenvalue weighted by Crippen LogP contribution is 2.37. The van der Waals surface area contributed by atoms with Crippen molar-refractivity contribution in [3.05, 3.63) is 45.0 Å². The van der Waals surface area contributed by atoms with Crippen molar-refractivity contribution in [3.63, 3.8) is 0 Å². The molecule has 0 aliphatic heterocycles. The smallest absolute Gasteiger partial charge is 0.196 e. The SMILES string of the molecule is CC1=CC(=O)C1(O)c1ccc(I)cc1. The summed E-state index contributed by atoms with van der Waals surface area (Å²) < 4.78 is 1.09. The van der Waals surface area contributed by atoms with Gasteiger partial charge in [0.15, 0.2) is 11.4 Å². The fourth-order valence-corrected chi connectivity index (χ4v) is 1.94. The van der Waals surface area contributed by atoms with E-state index in [2.05, 4.69) is 22.6 Å². The lowest BCUT2D eigenvalue weighted by molar-refractivity contribution is -0.133. The zero-order valence-corrected chi connectivity index (χ0v) is 9.78. The molecule has 0 radical (unpaired) electrons. The van der Waals surface area contributed by atoms with E-state index in [1.165, 1.54) is 6.08 Å². The van der Waals surface area contributed by atoms with E-state index in [1.807, 2.05) is 12.1 Å². The maximum Gasteiger partial charge on any atom is 0.196 e. The minimum Gasteiger partial charge on any atom is -0.373 e. The van der Waals surface area contributed by atoms with Gasteiger partial charge in [-0.15, -0.1) is 0 Å². The van der Waals surface area contributed by atoms with Gasteiger partial charge < -0.3 is 5.11 Å². The van der Waals surface area contributed by atoms with Crippen LogP contribution in [0.25, 0.3) is 0 Å². The van der Waals surface area contributed by atoms with Gasteiger partial charge >= 0.3 is 0 Å². The third-order valence-electron chi connectivity index (χ3n) is 2.54. The molecule has 1 aliphatic rings. The van der Waals surface area contributed by atoms with E-state index in [9.17, 15) is 9.90 Å². The number of benzene rings is 1. The summed E-state index contributed by atoms with van der Waals surface area (Å²) in [5.41, 5.74) is 0.0104. The van der Waals surface area contributed by atoms with Gasteiger partial charge in [0.25, 0.3) is 0 Å². The van der Waals surface area contributed by atoms with E-state index in [0.717, 1.165) is 3.57 Å². The van der Waals surface area contributed by atoms with Crippen molar-refractivity contribution < 1.29 is 9.90 Å². The highest BCUT2D eigenvalue weighted by molar-refractivity contribution is 14.1. The maximum atomic E-state index is 11.3. The van der Waals surface area contributed by atoms with Crippen LogP contribution in [-0.4, -0.2) is 10.9 Å². The van der Waals surface area contributed by atoms with Crippen LogP contribution in [0.4, 0.5) is 0 Å². The summed E-state index contributed by atoms with van der Waals surface area (Å²) >= 11 is 2.18. The zero-order chi connectivity index (χ0) is 10.3. The first kappa shape index (κ1) is 9.86. The van der Waals surface area contributed by atoms with E-state index in [1.54, 1.807) is 19.1 Å². The Bertz CT molecular complexity index is 419. The van der Waals surface area contributed by atoms with Crippen LogP contribution in [0.2, 0.25) is 0 Å². The average molecular weight is 300 g/mol. The molecule has 1 aliphatic carbocycles. The van der Waals surface area contributed by atoms with Gasteiger partial charge in [-0.1, -0.05) is 12.1 Å². The van der Waals surface area contributed by atoms with E-state index < -0.39 is 5.60 Å². The highest BCUT2D eigenvalue weighted by Gasteiger charge is 2.45. The van der Waals surface area contributed by atoms with Crippen LogP contribution in [0.3, 0.4) is 0 Å². The Balaban J connectivity index is 2.46. The van der Waals surface area contributed by atoms with E-state index in [-0.39, 0.29) is 5.78 Å². The second-order valence-corrected chi connectivity index (χ2v) is 4.65. The van der Waals surface area contributed by atoms with Crippen LogP contribution < -0.4 is 0 Å². The monoisotopic (exact) mass is 300 g/mol. The van der Waals surface area contributed by atoms with Crippen molar-refractivity contribution >= 4 is 28.4 Å². The lowest BCUT2D eigenvalue weighted by Gasteiger charge is -2.33. The van der Waals surface area contributed by atoms with E-state index >= 15 is 0 Å². The molecular formula is C11H9IO2. The Kier molecular flexibility index (Phi) is 2.23. The summed E-state index contributed by atoms with van der Waals surface area (Å²) in [5, 5.41) is 10.1. The van der Waals surface area contributed by atoms with Gasteiger partial charge in [0.2, 0.25) is 0 Å². The Morgan fingerprint density at radius 2 is 1.86 bits per heavy atom. The maximum absolute atomic E-state index is 11.3. The average Bonchev–Trinajstić information content (AvgIpc) is 2.18. The van der Waals surface area contributed by atoms with Crippen LogP contribution in [0, 0.1) is 3.57 Å². The predicted octanol–water partition coefficient (Wildman–Crippen LogP) is 2.01. The number of rotatable bonds is 1. The first-order valence-electron chi connectivity index (χ1n) is 4.27. The van der Waals surface area contributed by atoms with Gasteiger partial charge in [0.05, 0.1) is 0 Å². The molecule has 14 heavy (non-hydrogen) atoms. The molecule has 1 atom stereocenters. The Hall–Kier alpha value is -0.680. The third kappa shape index (κ3) is 1.23. The second kappa shape index (κ2) is 3.17. The number of carbonyl (C=O) groups excluding carboxylic acids is 1. The van der Waals surface area contributed by atoms with Gasteiger partial charge in [0, 0.05) is 3.57 Å². The Morgan fingerprint density at radius 1 is 1.29 bits per heavy atom. The fourth-order valence-electron chi connectivity index (χ4n) is 1.58. The number of halogens is 1. The van der Waals surface area contributed by atoms with Crippen molar-refractivity contribution in [2.24, 2.45) is 0 Å². The van der Waals surface area contributed by atoms with E-state index in [4.69, 9.17) is 0 Å². The minimum atomic E-state index is -1.36. The summed E-state index contributed by atoms with van der Waals surface area (Å²) in [7, 11) is 0. The third-order valence-corrected chi connectivity index (χ3v) is 3.26. The van der Waals surface area contributed by atoms with Gasteiger partial charge in [-0.2, -0.15) is 0 Å². The first-order valence-corrected chi connectivity index (χ1v) is 5.34. The second-order valence-electron chi connectivity index (χ2n) is 3.41. The van der Waals surface area contributed by atoms with Crippen molar-refractivity contribution in [1.82, 2.24) is 0 Å². The van der Waals surface area contributed by atoms with Crippen LogP contribution in [0.1, 0.15) is 12.5 Å². The van der Waals surface area contributed by atoms with Crippen LogP contribution in [0.5, 0.6) is 0 Å². The van der Waals surface area contributed by atoms with Crippen LogP contribution in [-0.2, 0) is 10.4 Å². The summed E-state index contributed by atoms with van der Waals surface area (Å²) in [4.78, 5) is 11.3. The van der Waals surface area contributed by atoms with Crippen molar-refractivity contribution in [2.75, 3.05) is 0 Å². The number of hydrogen-bond acceptors (Lipinski definition) is 2. The molecule has 0 aromatic heterocycles. The van der Waals surface area contributed by atoms with Crippen molar-refractivity contribution in [3.8, 4) is 0 Å². The summed E-state index contributed by atoms with van der Waals surface area (Å²) in [6.45, 7) is 1.76. The predicted molar refractivity (Wildman–Crippen MR) is 61.8 cm³/mol. The number of ketones is 1. The molecule has 2 nitrogen and oxygen atoms in total. The molecule has 1 unspecified atom stereocenters. The normalized spacial score (nSPS) is 25.6. The standard InChI is InChI=1S/C11H9IO2/c1-7-6-10(13)11(7,14)8-2-4-9(12)5-3-8/h2-6,14H,1H3. The molecule has 0 saturated carbocycles. The molecule has 0 spiro atoms. The Labute approximate surface area is 95.8 Å². The first-order chi connectivity index (χ1) is 6.55. The molecule has 0 fully saturated rings. The Morgan fingerprint density at radius 3 is 2.29 bits per heavy atom. The van der Waals surface area contributed by atoms with Crippen LogP contribution in [0.15, 0.2) is 35.9 Å². The van der Waals surface area contributed by atoms with Gasteiger partial charge in [-0.05, 0) is 58.9 Å². The van der Waals surface area contributed by atoms with E-state index in [0.29, 0.717) is 11.1 Å². The molecule has 1 N–H and O–H groups in total. The van der Waals surface area contributed by atoms with Gasteiger partial charge in [-0.25, -0.2) is 0 Å². The van der Waals surface area contributed by atoms with Crippen LogP contribution >= 0.6 is 22.6 Å². The number of carbonyl (C=O) groups is 1. The minimum absolute atomic E-state index is 0.226. The molecule has 1 aromatic carbocycles. The summed E-state index contributed by atoms with van der Waals surface area (Å²) in [6, 6.07) is 7.34. The molecule has 2 rings (SSSR count). The largest absolute Gasteiger partial charge is 0.373 e. The molecule has 1 aromatic rings. The highest BCUT2D eigenvalue weighted by atomic mass is 127. The molecule has 0 saturated heterocycles. The molecule has 0 heterocycles. The lowest BCUT2D eigenvalue weighted by atomic mass is 9.74. The van der Waals surface area contributed by atoms with Crippen molar-refractivity contribution in [1.29, 1.82) is 0 Å². The molecule has 0 bridgehead atoms. The topological polar surface area (TPSA) is 37.3 Å². The van der Waals surface area contributed by atoms with Crippen molar-refractivity contribution in [2.45, 2.75) is 12.5 Å². The quantitative estimate of drug-likeness (QED) is 0.806. The summed E-state index contributed by atoms with van der Waals surface area (Å²) in [5.74, 6) is -0.226. The molecular weight excluding hydrogens is 291 g/mol. The van der Waals surface area contributed by atoms with Gasteiger partial charge in [0.1, 0.15) is 0 Å². The molecule has 0 amide bonds. The van der Waals surface area contributed by atoms with Gasteiger partial charge in [-0.3, -0.25) is 4.79 Å². The summed E-state index contributed by atoms with van der Waals surface area (Å²) in [6.07, 6.45) is 1.47. The molecule has 3 heteroatoms. The lowest BCUT2D eigenvalue weighted by Crippen LogP contribution is -2.43. The number of hydrogen-bond donors (Lipinski definition) is 1. The number of aliphatic hydroxyl groups is 1. The zero-order valence-electron chi connectivity index (χ0n) is 7.62. The fraction of sp³-hybridized carbons (Fsp3) is 0.182. The molecule has 72 valence electrons.